The van der Waals surface area contributed by atoms with E-state index in [9.17, 15) is 14.7 Å². The molecule has 1 aromatic carbocycles. The number of carboxylic acid groups (broad SMARTS) is 1. The predicted molar refractivity (Wildman–Crippen MR) is 78.9 cm³/mol. The minimum Gasteiger partial charge on any atom is -0.479 e. The number of halogens is 1. The van der Waals surface area contributed by atoms with E-state index in [1.807, 2.05) is 24.3 Å². The molecule has 2 fully saturated rings. The summed E-state index contributed by atoms with van der Waals surface area (Å²) in [6.07, 6.45) is 1.08. The van der Waals surface area contributed by atoms with Crippen molar-refractivity contribution in [2.24, 2.45) is 5.92 Å². The van der Waals surface area contributed by atoms with E-state index in [2.05, 4.69) is 21.2 Å². The van der Waals surface area contributed by atoms with E-state index in [4.69, 9.17) is 4.74 Å². The second-order valence-corrected chi connectivity index (χ2v) is 6.60. The van der Waals surface area contributed by atoms with Crippen LogP contribution in [0.5, 0.6) is 0 Å². The highest BCUT2D eigenvalue weighted by Crippen LogP contribution is 2.48. The van der Waals surface area contributed by atoms with Gasteiger partial charge in [-0.25, -0.2) is 4.79 Å². The van der Waals surface area contributed by atoms with Crippen LogP contribution in [0.25, 0.3) is 0 Å². The van der Waals surface area contributed by atoms with Gasteiger partial charge in [-0.3, -0.25) is 4.79 Å². The third-order valence-corrected chi connectivity index (χ3v) is 4.69. The summed E-state index contributed by atoms with van der Waals surface area (Å²) < 4.78 is 6.13. The van der Waals surface area contributed by atoms with Crippen molar-refractivity contribution in [3.8, 4) is 0 Å². The highest BCUT2D eigenvalue weighted by Gasteiger charge is 2.50. The third-order valence-electron chi connectivity index (χ3n) is 4.20. The Hall–Kier alpha value is -1.40. The van der Waals surface area contributed by atoms with Gasteiger partial charge in [0.2, 0.25) is 5.91 Å². The Morgan fingerprint density at radius 2 is 2.24 bits per heavy atom. The van der Waals surface area contributed by atoms with Crippen LogP contribution in [0.4, 0.5) is 0 Å². The van der Waals surface area contributed by atoms with Gasteiger partial charge in [0, 0.05) is 23.4 Å². The van der Waals surface area contributed by atoms with Crippen LogP contribution >= 0.6 is 15.9 Å². The molecule has 1 aromatic rings. The molecule has 5 nitrogen and oxygen atoms in total. The molecule has 3 atom stereocenters. The van der Waals surface area contributed by atoms with E-state index in [1.54, 1.807) is 0 Å². The Morgan fingerprint density at radius 1 is 1.43 bits per heavy atom. The lowest BCUT2D eigenvalue weighted by Gasteiger charge is -2.23. The van der Waals surface area contributed by atoms with Gasteiger partial charge in [-0.1, -0.05) is 28.1 Å². The first kappa shape index (κ1) is 14.5. The van der Waals surface area contributed by atoms with Crippen LogP contribution in [-0.2, 0) is 14.3 Å². The summed E-state index contributed by atoms with van der Waals surface area (Å²) in [6, 6.07) is 7.88. The topological polar surface area (TPSA) is 75.6 Å². The predicted octanol–water partition coefficient (Wildman–Crippen LogP) is 1.91. The van der Waals surface area contributed by atoms with Crippen LogP contribution in [0.2, 0.25) is 0 Å². The van der Waals surface area contributed by atoms with Crippen LogP contribution in [0.1, 0.15) is 24.3 Å². The number of hydrogen-bond acceptors (Lipinski definition) is 3. The maximum atomic E-state index is 12.3. The second-order valence-electron chi connectivity index (χ2n) is 5.68. The summed E-state index contributed by atoms with van der Waals surface area (Å²) >= 11 is 3.42. The molecule has 0 spiro atoms. The molecule has 1 saturated heterocycles. The average Bonchev–Trinajstić information content (AvgIpc) is 3.11. The number of carbonyl (C=O) groups is 2. The van der Waals surface area contributed by atoms with Gasteiger partial charge in [-0.05, 0) is 30.0 Å². The number of rotatable bonds is 4. The van der Waals surface area contributed by atoms with Crippen molar-refractivity contribution in [3.63, 3.8) is 0 Å². The number of carbonyl (C=O) groups excluding carboxylic acids is 1. The molecule has 0 radical (unpaired) electrons. The third kappa shape index (κ3) is 2.82. The van der Waals surface area contributed by atoms with Crippen LogP contribution < -0.4 is 5.32 Å². The van der Waals surface area contributed by atoms with Gasteiger partial charge in [0.05, 0.1) is 6.61 Å². The molecule has 2 N–H and O–H groups in total. The van der Waals surface area contributed by atoms with Crippen molar-refractivity contribution < 1.29 is 19.4 Å². The minimum atomic E-state index is -1.25. The molecule has 21 heavy (non-hydrogen) atoms. The molecule has 1 aliphatic carbocycles. The monoisotopic (exact) mass is 353 g/mol. The van der Waals surface area contributed by atoms with E-state index >= 15 is 0 Å². The smallest absolute Gasteiger partial charge is 0.331 e. The van der Waals surface area contributed by atoms with Gasteiger partial charge in [-0.15, -0.1) is 0 Å². The Balaban J connectivity index is 1.66. The van der Waals surface area contributed by atoms with E-state index in [-0.39, 0.29) is 24.3 Å². The molecular weight excluding hydrogens is 338 g/mol. The van der Waals surface area contributed by atoms with Crippen molar-refractivity contribution in [1.29, 1.82) is 0 Å². The lowest BCUT2D eigenvalue weighted by atomic mass is 9.98. The lowest BCUT2D eigenvalue weighted by Crippen LogP contribution is -2.55. The van der Waals surface area contributed by atoms with Gasteiger partial charge in [-0.2, -0.15) is 0 Å². The molecule has 0 bridgehead atoms. The molecule has 112 valence electrons. The number of carboxylic acids is 1. The maximum absolute atomic E-state index is 12.3. The van der Waals surface area contributed by atoms with Crippen molar-refractivity contribution >= 4 is 27.8 Å². The highest BCUT2D eigenvalue weighted by molar-refractivity contribution is 9.10. The Bertz CT molecular complexity index is 583. The largest absolute Gasteiger partial charge is 0.479 e. The summed E-state index contributed by atoms with van der Waals surface area (Å²) in [7, 11) is 0. The summed E-state index contributed by atoms with van der Waals surface area (Å²) in [5, 5.41) is 12.0. The van der Waals surface area contributed by atoms with Crippen LogP contribution in [0, 0.1) is 5.92 Å². The first-order valence-electron chi connectivity index (χ1n) is 6.90. The van der Waals surface area contributed by atoms with E-state index in [1.165, 1.54) is 0 Å². The zero-order valence-corrected chi connectivity index (χ0v) is 12.9. The van der Waals surface area contributed by atoms with Crippen LogP contribution in [0.3, 0.4) is 0 Å². The maximum Gasteiger partial charge on any atom is 0.331 e. The quantitative estimate of drug-likeness (QED) is 0.866. The Morgan fingerprint density at radius 3 is 2.86 bits per heavy atom. The van der Waals surface area contributed by atoms with Gasteiger partial charge in [0.25, 0.3) is 0 Å². The van der Waals surface area contributed by atoms with Gasteiger partial charge < -0.3 is 15.2 Å². The van der Waals surface area contributed by atoms with E-state index in [0.29, 0.717) is 13.0 Å². The number of ether oxygens (including phenoxy) is 1. The zero-order valence-electron chi connectivity index (χ0n) is 11.3. The normalized spacial score (nSPS) is 30.9. The molecule has 3 unspecified atom stereocenters. The lowest BCUT2D eigenvalue weighted by molar-refractivity contribution is -0.147. The van der Waals surface area contributed by atoms with E-state index in [0.717, 1.165) is 16.5 Å². The molecule has 1 amide bonds. The molecular formula is C15H16BrNO4. The van der Waals surface area contributed by atoms with Crippen LogP contribution in [0.15, 0.2) is 28.7 Å². The summed E-state index contributed by atoms with van der Waals surface area (Å²) in [6.45, 7) is 0.411. The summed E-state index contributed by atoms with van der Waals surface area (Å²) in [4.78, 5) is 23.7. The molecule has 3 rings (SSSR count). The standard InChI is InChI=1S/C15H16BrNO4/c16-10-3-1-2-9(6-10)11-7-12(11)13(18)17-15(14(19)20)4-5-21-8-15/h1-3,6,11-12H,4-5,7-8H2,(H,17,18)(H,19,20). The number of aliphatic carboxylic acids is 1. The van der Waals surface area contributed by atoms with Crippen LogP contribution in [-0.4, -0.2) is 35.7 Å². The number of hydrogen-bond donors (Lipinski definition) is 2. The Kier molecular flexibility index (Phi) is 3.75. The molecule has 6 heteroatoms. The van der Waals surface area contributed by atoms with Crippen molar-refractivity contribution in [1.82, 2.24) is 5.32 Å². The Labute approximate surface area is 130 Å². The van der Waals surface area contributed by atoms with E-state index < -0.39 is 11.5 Å². The van der Waals surface area contributed by atoms with Gasteiger partial charge in [0.1, 0.15) is 0 Å². The molecule has 1 saturated carbocycles. The SMILES string of the molecule is O=C(NC1(C(=O)O)CCOC1)C1CC1c1cccc(Br)c1. The fourth-order valence-corrected chi connectivity index (χ4v) is 3.22. The fraction of sp³-hybridized carbons (Fsp3) is 0.467. The average molecular weight is 354 g/mol. The molecule has 1 aliphatic heterocycles. The summed E-state index contributed by atoms with van der Waals surface area (Å²) in [5.41, 5.74) is -0.141. The summed E-state index contributed by atoms with van der Waals surface area (Å²) in [5.74, 6) is -1.17. The molecule has 2 aliphatic rings. The highest BCUT2D eigenvalue weighted by atomic mass is 79.9. The van der Waals surface area contributed by atoms with Gasteiger partial charge >= 0.3 is 5.97 Å². The number of amides is 1. The second kappa shape index (κ2) is 5.42. The van der Waals surface area contributed by atoms with Crippen molar-refractivity contribution in [2.75, 3.05) is 13.2 Å². The van der Waals surface area contributed by atoms with Gasteiger partial charge in [0.15, 0.2) is 5.54 Å². The number of benzene rings is 1. The zero-order chi connectivity index (χ0) is 15.0. The number of nitrogens with one attached hydrogen (secondary N) is 1. The molecule has 1 heterocycles. The van der Waals surface area contributed by atoms with Crippen molar-refractivity contribution in [3.05, 3.63) is 34.3 Å². The van der Waals surface area contributed by atoms with Crippen molar-refractivity contribution in [2.45, 2.75) is 24.3 Å². The first-order valence-corrected chi connectivity index (χ1v) is 7.70. The minimum absolute atomic E-state index is 0.0440. The fourth-order valence-electron chi connectivity index (χ4n) is 2.80. The first-order chi connectivity index (χ1) is 10.0. The molecule has 0 aromatic heterocycles.